The first-order chi connectivity index (χ1) is 17.5. The standard InChI is InChI=1S/C26H32F4N4O3S/c1-25(2,3)22-19(15-32-21(33-22)14-20(27)31)13-16-5-7-17(8-6-16)23(26(28,29)30)34(4)24(35)18-9-11-38(36,37)12-10-18/h5-8,14-15,18,23,31,33H,9-13H2,1-4H3/b21-14-,31-20?. The first-order valence-corrected chi connectivity index (χ1v) is 13.9. The number of rotatable bonds is 6. The van der Waals surface area contributed by atoms with E-state index in [1.54, 1.807) is 18.3 Å². The number of nitrogens with one attached hydrogen (secondary N) is 2. The molecule has 2 aliphatic heterocycles. The Hall–Kier alpha value is -3.02. The Bertz CT molecular complexity index is 1260. The van der Waals surface area contributed by atoms with Gasteiger partial charge in [0, 0.05) is 42.8 Å². The van der Waals surface area contributed by atoms with E-state index in [1.165, 1.54) is 12.1 Å². The first-order valence-electron chi connectivity index (χ1n) is 12.1. The fourth-order valence-electron chi connectivity index (χ4n) is 4.67. The fourth-order valence-corrected chi connectivity index (χ4v) is 6.16. The van der Waals surface area contributed by atoms with Gasteiger partial charge in [0.2, 0.25) is 11.9 Å². The van der Waals surface area contributed by atoms with Crippen LogP contribution < -0.4 is 5.32 Å². The normalized spacial score (nSPS) is 20.3. The van der Waals surface area contributed by atoms with Gasteiger partial charge in [-0.05, 0) is 29.5 Å². The van der Waals surface area contributed by atoms with Crippen molar-refractivity contribution in [1.82, 2.24) is 10.2 Å². The minimum absolute atomic E-state index is 0.0131. The van der Waals surface area contributed by atoms with Gasteiger partial charge in [-0.1, -0.05) is 45.0 Å². The summed E-state index contributed by atoms with van der Waals surface area (Å²) < 4.78 is 78.7. The number of alkyl halides is 3. The maximum atomic E-state index is 14.1. The first kappa shape index (κ1) is 29.5. The largest absolute Gasteiger partial charge is 0.413 e. The summed E-state index contributed by atoms with van der Waals surface area (Å²) in [6, 6.07) is 3.62. The number of hydrogen-bond donors (Lipinski definition) is 2. The molecule has 2 heterocycles. The van der Waals surface area contributed by atoms with Crippen molar-refractivity contribution in [3.63, 3.8) is 0 Å². The van der Waals surface area contributed by atoms with Crippen molar-refractivity contribution in [2.24, 2.45) is 16.3 Å². The number of hydrogen-bond acceptors (Lipinski definition) is 6. The van der Waals surface area contributed by atoms with Crippen LogP contribution in [0.2, 0.25) is 0 Å². The molecule has 3 rings (SSSR count). The summed E-state index contributed by atoms with van der Waals surface area (Å²) in [4.78, 5) is 17.7. The van der Waals surface area contributed by atoms with E-state index in [0.717, 1.165) is 24.4 Å². The quantitative estimate of drug-likeness (QED) is 0.385. The van der Waals surface area contributed by atoms with Gasteiger partial charge in [-0.2, -0.15) is 17.6 Å². The summed E-state index contributed by atoms with van der Waals surface area (Å²) in [5.41, 5.74) is 1.73. The molecule has 0 aliphatic carbocycles. The fraction of sp³-hybridized carbons (Fsp3) is 0.500. The molecule has 2 N–H and O–H groups in total. The number of benzene rings is 1. The third-order valence-electron chi connectivity index (χ3n) is 6.59. The lowest BCUT2D eigenvalue weighted by molar-refractivity contribution is -0.190. The number of aliphatic imine (C=N–C) groups is 1. The second-order valence-corrected chi connectivity index (χ2v) is 13.0. The van der Waals surface area contributed by atoms with E-state index in [0.29, 0.717) is 16.9 Å². The van der Waals surface area contributed by atoms with Crippen molar-refractivity contribution in [1.29, 1.82) is 5.41 Å². The summed E-state index contributed by atoms with van der Waals surface area (Å²) in [7, 11) is -2.15. The number of sulfone groups is 1. The zero-order valence-corrected chi connectivity index (χ0v) is 22.5. The Morgan fingerprint density at radius 1 is 1.18 bits per heavy atom. The molecule has 0 bridgehead atoms. The average molecular weight is 557 g/mol. The van der Waals surface area contributed by atoms with Crippen molar-refractivity contribution in [2.75, 3.05) is 18.6 Å². The van der Waals surface area contributed by atoms with Crippen molar-refractivity contribution >= 4 is 27.9 Å². The summed E-state index contributed by atoms with van der Waals surface area (Å²) in [6.07, 6.45) is -1.87. The Morgan fingerprint density at radius 2 is 1.76 bits per heavy atom. The monoisotopic (exact) mass is 556 g/mol. The lowest BCUT2D eigenvalue weighted by Crippen LogP contribution is -2.44. The Labute approximate surface area is 220 Å². The van der Waals surface area contributed by atoms with Gasteiger partial charge >= 0.3 is 6.18 Å². The van der Waals surface area contributed by atoms with Crippen molar-refractivity contribution in [3.8, 4) is 0 Å². The van der Waals surface area contributed by atoms with E-state index < -0.39 is 39.8 Å². The predicted molar refractivity (Wildman–Crippen MR) is 138 cm³/mol. The van der Waals surface area contributed by atoms with Crippen molar-refractivity contribution < 1.29 is 30.8 Å². The molecular formula is C26H32F4N4O3S. The van der Waals surface area contributed by atoms with E-state index in [4.69, 9.17) is 5.41 Å². The van der Waals surface area contributed by atoms with Crippen LogP contribution in [-0.2, 0) is 21.1 Å². The molecule has 0 saturated carbocycles. The minimum atomic E-state index is -4.73. The summed E-state index contributed by atoms with van der Waals surface area (Å²) in [5, 5.41) is 10.0. The van der Waals surface area contributed by atoms with E-state index in [2.05, 4.69) is 10.3 Å². The topological polar surface area (TPSA) is 103 Å². The van der Waals surface area contributed by atoms with E-state index in [1.807, 2.05) is 20.8 Å². The number of nitrogens with zero attached hydrogens (tertiary/aromatic N) is 2. The molecule has 38 heavy (non-hydrogen) atoms. The number of carbonyl (C=O) groups excluding carboxylic acids is 1. The third-order valence-corrected chi connectivity index (χ3v) is 8.30. The smallest absolute Gasteiger partial charge is 0.343 e. The Balaban J connectivity index is 1.83. The minimum Gasteiger partial charge on any atom is -0.343 e. The molecule has 1 atom stereocenters. The molecule has 1 fully saturated rings. The molecular weight excluding hydrogens is 524 g/mol. The van der Waals surface area contributed by atoms with Crippen LogP contribution in [0.25, 0.3) is 0 Å². The van der Waals surface area contributed by atoms with Crippen LogP contribution in [0.5, 0.6) is 0 Å². The lowest BCUT2D eigenvalue weighted by Gasteiger charge is -2.34. The highest BCUT2D eigenvalue weighted by atomic mass is 32.2. The molecule has 0 aromatic heterocycles. The molecule has 1 amide bonds. The van der Waals surface area contributed by atoms with Gasteiger partial charge in [0.05, 0.1) is 11.5 Å². The van der Waals surface area contributed by atoms with E-state index in [-0.39, 0.29) is 41.1 Å². The SMILES string of the molecule is CN(C(=O)C1CCS(=O)(=O)CC1)C(c1ccc(CC2=C(C(C)(C)C)N/C(=C\C(=N)F)N=C2)cc1)C(F)(F)F. The van der Waals surface area contributed by atoms with Gasteiger partial charge in [-0.3, -0.25) is 10.2 Å². The highest BCUT2D eigenvalue weighted by Crippen LogP contribution is 2.39. The van der Waals surface area contributed by atoms with Crippen molar-refractivity contribution in [3.05, 3.63) is 58.6 Å². The van der Waals surface area contributed by atoms with Crippen LogP contribution in [0.15, 0.2) is 52.4 Å². The zero-order valence-electron chi connectivity index (χ0n) is 21.7. The highest BCUT2D eigenvalue weighted by molar-refractivity contribution is 7.91. The van der Waals surface area contributed by atoms with Crippen LogP contribution >= 0.6 is 0 Å². The number of amides is 1. The van der Waals surface area contributed by atoms with Gasteiger partial charge in [0.25, 0.3) is 0 Å². The zero-order chi connectivity index (χ0) is 28.5. The number of allylic oxidation sites excluding steroid dienone is 3. The Kier molecular flexibility index (Phi) is 8.55. The molecule has 1 aromatic carbocycles. The molecule has 2 aliphatic rings. The average Bonchev–Trinajstić information content (AvgIpc) is 2.79. The molecule has 12 heteroatoms. The second-order valence-electron chi connectivity index (χ2n) is 10.6. The number of carbonyl (C=O) groups is 1. The van der Waals surface area contributed by atoms with Gasteiger partial charge in [-0.25, -0.2) is 13.4 Å². The van der Waals surface area contributed by atoms with Crippen LogP contribution in [0.3, 0.4) is 0 Å². The lowest BCUT2D eigenvalue weighted by atomic mass is 9.86. The predicted octanol–water partition coefficient (Wildman–Crippen LogP) is 4.88. The van der Waals surface area contributed by atoms with E-state index >= 15 is 0 Å². The van der Waals surface area contributed by atoms with Crippen LogP contribution in [0, 0.1) is 16.7 Å². The molecule has 1 aromatic rings. The second kappa shape index (κ2) is 11.0. The Morgan fingerprint density at radius 3 is 2.26 bits per heavy atom. The van der Waals surface area contributed by atoms with Crippen LogP contribution in [0.1, 0.15) is 50.8 Å². The van der Waals surface area contributed by atoms with Gasteiger partial charge in [0.15, 0.2) is 6.04 Å². The van der Waals surface area contributed by atoms with Crippen LogP contribution in [0.4, 0.5) is 17.6 Å². The molecule has 1 saturated heterocycles. The van der Waals surface area contributed by atoms with Crippen molar-refractivity contribution in [2.45, 2.75) is 52.3 Å². The summed E-state index contributed by atoms with van der Waals surface area (Å²) in [6.45, 7) is 5.83. The summed E-state index contributed by atoms with van der Waals surface area (Å²) in [5.74, 6) is -2.87. The maximum absolute atomic E-state index is 14.1. The summed E-state index contributed by atoms with van der Waals surface area (Å²) >= 11 is 0. The number of halogens is 4. The van der Waals surface area contributed by atoms with E-state index in [9.17, 15) is 30.8 Å². The van der Waals surface area contributed by atoms with Gasteiger partial charge in [-0.15, -0.1) is 0 Å². The van der Waals surface area contributed by atoms with Crippen LogP contribution in [-0.4, -0.2) is 56.1 Å². The van der Waals surface area contributed by atoms with Gasteiger partial charge in [0.1, 0.15) is 15.7 Å². The molecule has 208 valence electrons. The molecule has 7 nitrogen and oxygen atoms in total. The molecule has 0 spiro atoms. The molecule has 1 unspecified atom stereocenters. The maximum Gasteiger partial charge on any atom is 0.413 e. The third kappa shape index (κ3) is 7.30. The van der Waals surface area contributed by atoms with Gasteiger partial charge < -0.3 is 10.2 Å². The molecule has 0 radical (unpaired) electrons. The highest BCUT2D eigenvalue weighted by Gasteiger charge is 2.46.